The first-order valence-corrected chi connectivity index (χ1v) is 10.8. The molecule has 1 saturated heterocycles. The molecular formula is C18H21F3N4O3S. The Morgan fingerprint density at radius 1 is 1.21 bits per heavy atom. The second-order valence-electron chi connectivity index (χ2n) is 7.02. The van der Waals surface area contributed by atoms with E-state index in [0.717, 1.165) is 17.0 Å². The number of carbonyl (C=O) groups is 1. The van der Waals surface area contributed by atoms with Crippen molar-refractivity contribution in [3.63, 3.8) is 0 Å². The van der Waals surface area contributed by atoms with Gasteiger partial charge in [0.2, 0.25) is 15.9 Å². The molecule has 3 rings (SSSR count). The van der Waals surface area contributed by atoms with Gasteiger partial charge in [-0.25, -0.2) is 17.4 Å². The third-order valence-corrected chi connectivity index (χ3v) is 6.12. The number of aromatic nitrogens is 2. The molecule has 0 radical (unpaired) electrons. The average Bonchev–Trinajstić information content (AvgIpc) is 3.00. The number of rotatable bonds is 4. The fourth-order valence-corrected chi connectivity index (χ4v) is 4.22. The van der Waals surface area contributed by atoms with Gasteiger partial charge in [-0.15, -0.1) is 0 Å². The lowest BCUT2D eigenvalue weighted by molar-refractivity contribution is -0.137. The fraction of sp³-hybridized carbons (Fsp3) is 0.444. The van der Waals surface area contributed by atoms with Crippen LogP contribution in [-0.4, -0.2) is 47.8 Å². The Morgan fingerprint density at radius 3 is 2.41 bits per heavy atom. The van der Waals surface area contributed by atoms with Crippen molar-refractivity contribution >= 4 is 21.7 Å². The Balaban J connectivity index is 1.82. The predicted octanol–water partition coefficient (Wildman–Crippen LogP) is 2.81. The van der Waals surface area contributed by atoms with Crippen molar-refractivity contribution in [2.24, 2.45) is 5.92 Å². The highest BCUT2D eigenvalue weighted by Crippen LogP contribution is 2.35. The minimum Gasteiger partial charge on any atom is -0.310 e. The second-order valence-corrected chi connectivity index (χ2v) is 9.01. The molecule has 1 amide bonds. The molecule has 1 aromatic carbocycles. The Kier molecular flexibility index (Phi) is 5.72. The third-order valence-electron chi connectivity index (χ3n) is 4.81. The molecule has 0 atom stereocenters. The summed E-state index contributed by atoms with van der Waals surface area (Å²) in [7, 11) is -3.31. The van der Waals surface area contributed by atoms with Crippen LogP contribution >= 0.6 is 0 Å². The molecule has 1 N–H and O–H groups in total. The van der Waals surface area contributed by atoms with Crippen molar-refractivity contribution in [1.82, 2.24) is 14.1 Å². The molecule has 1 aromatic heterocycles. The summed E-state index contributed by atoms with van der Waals surface area (Å²) in [5, 5.41) is 6.77. The van der Waals surface area contributed by atoms with Gasteiger partial charge in [0.25, 0.3) is 0 Å². The number of nitrogens with zero attached hydrogens (tertiary/aromatic N) is 3. The van der Waals surface area contributed by atoms with Crippen LogP contribution in [0.3, 0.4) is 0 Å². The van der Waals surface area contributed by atoms with Crippen LogP contribution in [0.5, 0.6) is 0 Å². The summed E-state index contributed by atoms with van der Waals surface area (Å²) >= 11 is 0. The lowest BCUT2D eigenvalue weighted by atomic mass is 9.97. The highest BCUT2D eigenvalue weighted by atomic mass is 32.2. The first-order chi connectivity index (χ1) is 13.5. The molecule has 11 heteroatoms. The summed E-state index contributed by atoms with van der Waals surface area (Å²) in [6.07, 6.45) is -2.78. The van der Waals surface area contributed by atoms with Gasteiger partial charge in [-0.2, -0.15) is 18.3 Å². The van der Waals surface area contributed by atoms with Gasteiger partial charge in [-0.1, -0.05) is 12.1 Å². The van der Waals surface area contributed by atoms with Gasteiger partial charge in [0, 0.05) is 25.1 Å². The van der Waals surface area contributed by atoms with Crippen molar-refractivity contribution in [3.05, 3.63) is 41.6 Å². The summed E-state index contributed by atoms with van der Waals surface area (Å²) in [6.45, 7) is 2.07. The molecule has 2 heterocycles. The van der Waals surface area contributed by atoms with E-state index in [-0.39, 0.29) is 30.5 Å². The Hall–Kier alpha value is -2.40. The summed E-state index contributed by atoms with van der Waals surface area (Å²) in [5.41, 5.74) is -0.598. The number of para-hydroxylation sites is 1. The molecule has 0 unspecified atom stereocenters. The zero-order valence-corrected chi connectivity index (χ0v) is 16.7. The number of hydrogen-bond donors (Lipinski definition) is 1. The van der Waals surface area contributed by atoms with E-state index in [1.807, 2.05) is 0 Å². The van der Waals surface area contributed by atoms with Crippen molar-refractivity contribution in [1.29, 1.82) is 0 Å². The van der Waals surface area contributed by atoms with E-state index in [1.165, 1.54) is 28.6 Å². The SMILES string of the molecule is Cc1cc(NC(=O)C2CCN(S(C)(=O)=O)CC2)n(-c2ccccc2C(F)(F)F)n1. The number of nitrogens with one attached hydrogen (secondary N) is 1. The Bertz CT molecular complexity index is 1010. The molecule has 0 bridgehead atoms. The van der Waals surface area contributed by atoms with E-state index in [4.69, 9.17) is 0 Å². The van der Waals surface area contributed by atoms with Gasteiger partial charge in [-0.05, 0) is 31.9 Å². The number of hydrogen-bond acceptors (Lipinski definition) is 4. The van der Waals surface area contributed by atoms with Crippen LogP contribution in [-0.2, 0) is 21.0 Å². The van der Waals surface area contributed by atoms with Crippen LogP contribution < -0.4 is 5.32 Å². The topological polar surface area (TPSA) is 84.3 Å². The van der Waals surface area contributed by atoms with E-state index < -0.39 is 27.7 Å². The zero-order chi connectivity index (χ0) is 21.4. The Labute approximate surface area is 166 Å². The zero-order valence-electron chi connectivity index (χ0n) is 15.9. The van der Waals surface area contributed by atoms with Crippen LogP contribution in [0, 0.1) is 12.8 Å². The van der Waals surface area contributed by atoms with Crippen molar-refractivity contribution in [2.45, 2.75) is 25.9 Å². The van der Waals surface area contributed by atoms with Gasteiger partial charge in [0.1, 0.15) is 5.82 Å². The second kappa shape index (κ2) is 7.79. The van der Waals surface area contributed by atoms with Gasteiger partial charge >= 0.3 is 6.18 Å². The summed E-state index contributed by atoms with van der Waals surface area (Å²) in [4.78, 5) is 12.7. The largest absolute Gasteiger partial charge is 0.418 e. The molecule has 1 fully saturated rings. The summed E-state index contributed by atoms with van der Waals surface area (Å²) in [5.74, 6) is -0.673. The molecule has 0 aliphatic carbocycles. The fourth-order valence-electron chi connectivity index (χ4n) is 3.35. The molecule has 0 saturated carbocycles. The van der Waals surface area contributed by atoms with Crippen LogP contribution in [0.25, 0.3) is 5.69 Å². The third kappa shape index (κ3) is 4.78. The van der Waals surface area contributed by atoms with E-state index in [9.17, 15) is 26.4 Å². The molecule has 158 valence electrons. The molecule has 1 aliphatic heterocycles. The number of amides is 1. The lowest BCUT2D eigenvalue weighted by Crippen LogP contribution is -2.41. The van der Waals surface area contributed by atoms with Crippen molar-refractivity contribution in [3.8, 4) is 5.69 Å². The number of sulfonamides is 1. The van der Waals surface area contributed by atoms with Crippen molar-refractivity contribution in [2.75, 3.05) is 24.7 Å². The van der Waals surface area contributed by atoms with Gasteiger partial charge in [-0.3, -0.25) is 4.79 Å². The van der Waals surface area contributed by atoms with Crippen LogP contribution in [0.2, 0.25) is 0 Å². The predicted molar refractivity (Wildman–Crippen MR) is 101 cm³/mol. The maximum Gasteiger partial charge on any atom is 0.418 e. The van der Waals surface area contributed by atoms with Crippen LogP contribution in [0.4, 0.5) is 19.0 Å². The molecule has 29 heavy (non-hydrogen) atoms. The smallest absolute Gasteiger partial charge is 0.310 e. The highest BCUT2D eigenvalue weighted by molar-refractivity contribution is 7.88. The van der Waals surface area contributed by atoms with Gasteiger partial charge in [0.15, 0.2) is 0 Å². The lowest BCUT2D eigenvalue weighted by Gasteiger charge is -2.29. The van der Waals surface area contributed by atoms with E-state index >= 15 is 0 Å². The molecular weight excluding hydrogens is 409 g/mol. The number of alkyl halides is 3. The number of carbonyl (C=O) groups excluding carboxylic acids is 1. The first kappa shape index (κ1) is 21.3. The van der Waals surface area contributed by atoms with Gasteiger partial charge in [0.05, 0.1) is 23.2 Å². The van der Waals surface area contributed by atoms with Crippen molar-refractivity contribution < 1.29 is 26.4 Å². The monoisotopic (exact) mass is 430 g/mol. The number of piperidine rings is 1. The maximum absolute atomic E-state index is 13.4. The van der Waals surface area contributed by atoms with Crippen LogP contribution in [0.15, 0.2) is 30.3 Å². The number of aryl methyl sites for hydroxylation is 1. The van der Waals surface area contributed by atoms with Gasteiger partial charge < -0.3 is 5.32 Å². The quantitative estimate of drug-likeness (QED) is 0.809. The molecule has 7 nitrogen and oxygen atoms in total. The maximum atomic E-state index is 13.4. The molecule has 0 spiro atoms. The number of benzene rings is 1. The molecule has 1 aliphatic rings. The number of anilines is 1. The average molecular weight is 430 g/mol. The first-order valence-electron chi connectivity index (χ1n) is 8.96. The molecule has 2 aromatic rings. The Morgan fingerprint density at radius 2 is 1.83 bits per heavy atom. The normalized spacial score (nSPS) is 16.7. The van der Waals surface area contributed by atoms with E-state index in [1.54, 1.807) is 6.92 Å². The standard InChI is InChI=1S/C18H21F3N4O3S/c1-12-11-16(22-17(26)13-7-9-24(10-8-13)29(2,27)28)25(23-12)15-6-4-3-5-14(15)18(19,20)21/h3-6,11,13H,7-10H2,1-2H3,(H,22,26). The summed E-state index contributed by atoms with van der Waals surface area (Å²) in [6, 6.07) is 6.50. The van der Waals surface area contributed by atoms with E-state index in [2.05, 4.69) is 10.4 Å². The minimum absolute atomic E-state index is 0.134. The van der Waals surface area contributed by atoms with E-state index in [0.29, 0.717) is 18.5 Å². The highest BCUT2D eigenvalue weighted by Gasteiger charge is 2.35. The summed E-state index contributed by atoms with van der Waals surface area (Å²) < 4.78 is 65.7. The van der Waals surface area contributed by atoms with Crippen LogP contribution in [0.1, 0.15) is 24.1 Å². The minimum atomic E-state index is -4.57. The number of halogens is 3.